The molecule has 1 amide bonds. The Bertz CT molecular complexity index is 1930. The van der Waals surface area contributed by atoms with E-state index < -0.39 is 11.6 Å². The quantitative estimate of drug-likeness (QED) is 0.201. The average Bonchev–Trinajstić information content (AvgIpc) is 3.72. The predicted octanol–water partition coefficient (Wildman–Crippen LogP) is 6.04. The van der Waals surface area contributed by atoms with Crippen molar-refractivity contribution in [2.45, 2.75) is 32.2 Å². The number of carbonyl (C=O) groups excluding carboxylic acids is 1. The van der Waals surface area contributed by atoms with E-state index in [4.69, 9.17) is 20.9 Å². The van der Waals surface area contributed by atoms with E-state index in [0.29, 0.717) is 52.9 Å². The van der Waals surface area contributed by atoms with Crippen LogP contribution < -0.4 is 9.64 Å². The first-order valence-electron chi connectivity index (χ1n) is 14.0. The second-order valence-corrected chi connectivity index (χ2v) is 11.2. The van der Waals surface area contributed by atoms with Gasteiger partial charge in [0.2, 0.25) is 5.91 Å². The molecule has 4 heterocycles. The third-order valence-corrected chi connectivity index (χ3v) is 8.09. The first-order chi connectivity index (χ1) is 21.2. The fourth-order valence-corrected chi connectivity index (χ4v) is 5.58. The van der Waals surface area contributed by atoms with Gasteiger partial charge in [-0.15, -0.1) is 0 Å². The zero-order valence-electron chi connectivity index (χ0n) is 24.4. The Morgan fingerprint density at radius 1 is 1.20 bits per heavy atom. The largest absolute Gasteiger partial charge is 0.467 e. The summed E-state index contributed by atoms with van der Waals surface area (Å²) >= 11 is 6.32. The maximum atomic E-state index is 16.2. The number of nitrogens with zero attached hydrogens (tertiary/aromatic N) is 7. The number of benzene rings is 2. The highest BCUT2D eigenvalue weighted by atomic mass is 35.5. The third-order valence-electron chi connectivity index (χ3n) is 7.72. The molecule has 1 unspecified atom stereocenters. The summed E-state index contributed by atoms with van der Waals surface area (Å²) in [6, 6.07) is 7.81. The molecule has 6 rings (SSSR count). The number of carbonyl (C=O) groups is 1. The van der Waals surface area contributed by atoms with E-state index in [1.807, 2.05) is 25.8 Å². The summed E-state index contributed by atoms with van der Waals surface area (Å²) in [6.07, 6.45) is 5.05. The molecule has 1 fully saturated rings. The van der Waals surface area contributed by atoms with Gasteiger partial charge in [-0.3, -0.25) is 9.78 Å². The average molecular weight is 620 g/mol. The molecule has 1 atom stereocenters. The number of fused-ring (bicyclic) bond motifs is 2. The summed E-state index contributed by atoms with van der Waals surface area (Å²) in [7, 11) is 3.22. The Morgan fingerprint density at radius 2 is 2.02 bits per heavy atom. The minimum absolute atomic E-state index is 0.0117. The number of aromatic nitrogens is 5. The third kappa shape index (κ3) is 5.30. The second-order valence-electron chi connectivity index (χ2n) is 10.8. The lowest BCUT2D eigenvalue weighted by atomic mass is 10.0. The van der Waals surface area contributed by atoms with E-state index in [1.54, 1.807) is 29.2 Å². The molecule has 1 aliphatic rings. The van der Waals surface area contributed by atoms with E-state index in [2.05, 4.69) is 25.1 Å². The minimum Gasteiger partial charge on any atom is -0.467 e. The molecular formula is C31H28ClF2N7O3. The lowest BCUT2D eigenvalue weighted by Crippen LogP contribution is -2.36. The minimum atomic E-state index is -0.722. The van der Waals surface area contributed by atoms with Crippen LogP contribution in [0.15, 0.2) is 47.1 Å². The van der Waals surface area contributed by atoms with Gasteiger partial charge in [-0.25, -0.2) is 8.78 Å². The van der Waals surface area contributed by atoms with Crippen molar-refractivity contribution in [3.63, 3.8) is 0 Å². The highest BCUT2D eigenvalue weighted by Crippen LogP contribution is 2.38. The predicted molar refractivity (Wildman–Crippen MR) is 163 cm³/mol. The first kappa shape index (κ1) is 29.4. The first-order valence-corrected chi connectivity index (χ1v) is 14.3. The number of hydrogen-bond donors (Lipinski definition) is 0. The van der Waals surface area contributed by atoms with Gasteiger partial charge in [0, 0.05) is 61.4 Å². The summed E-state index contributed by atoms with van der Waals surface area (Å²) in [5.74, 6) is -0.193. The highest BCUT2D eigenvalue weighted by Gasteiger charge is 2.31. The summed E-state index contributed by atoms with van der Waals surface area (Å²) < 4.78 is 41.1. The SMILES string of the molecule is COc1nc(N(C)C2CCN(C(=O)/C=C/c3nc(C(C)C)no3)C2)c2cnc(-c3cccc4ccc(F)c(Cl)c34)c(F)c2n1. The van der Waals surface area contributed by atoms with Crippen molar-refractivity contribution in [3.8, 4) is 17.3 Å². The Hall–Kier alpha value is -4.71. The van der Waals surface area contributed by atoms with Crippen LogP contribution in [0.3, 0.4) is 0 Å². The van der Waals surface area contributed by atoms with Gasteiger partial charge >= 0.3 is 6.01 Å². The van der Waals surface area contributed by atoms with Gasteiger partial charge in [-0.2, -0.15) is 15.0 Å². The molecule has 44 heavy (non-hydrogen) atoms. The lowest BCUT2D eigenvalue weighted by molar-refractivity contribution is -0.124. The lowest BCUT2D eigenvalue weighted by Gasteiger charge is -2.27. The van der Waals surface area contributed by atoms with Crippen molar-refractivity contribution in [1.82, 2.24) is 30.0 Å². The molecule has 0 bridgehead atoms. The molecule has 0 aliphatic carbocycles. The van der Waals surface area contributed by atoms with E-state index in [9.17, 15) is 9.18 Å². The molecule has 0 N–H and O–H groups in total. The zero-order chi connectivity index (χ0) is 31.1. The number of pyridine rings is 1. The normalized spacial score (nSPS) is 15.3. The van der Waals surface area contributed by atoms with Gasteiger partial charge in [0.25, 0.3) is 5.89 Å². The van der Waals surface area contributed by atoms with Gasteiger partial charge in [-0.05, 0) is 17.9 Å². The number of likely N-dealkylation sites (tertiary alicyclic amines) is 1. The van der Waals surface area contributed by atoms with Crippen molar-refractivity contribution in [2.75, 3.05) is 32.1 Å². The highest BCUT2D eigenvalue weighted by molar-refractivity contribution is 6.36. The maximum Gasteiger partial charge on any atom is 0.318 e. The number of likely N-dealkylation sites (N-methyl/N-ethyl adjacent to an activating group) is 1. The topological polar surface area (TPSA) is 110 Å². The Morgan fingerprint density at radius 3 is 2.77 bits per heavy atom. The Labute approximate surface area is 256 Å². The van der Waals surface area contributed by atoms with Crippen molar-refractivity contribution >= 4 is 51.1 Å². The van der Waals surface area contributed by atoms with Crippen molar-refractivity contribution in [3.05, 3.63) is 71.0 Å². The van der Waals surface area contributed by atoms with Gasteiger partial charge in [0.05, 0.1) is 17.5 Å². The van der Waals surface area contributed by atoms with Crippen molar-refractivity contribution in [1.29, 1.82) is 0 Å². The molecule has 3 aromatic heterocycles. The number of hydrogen-bond acceptors (Lipinski definition) is 9. The molecule has 1 saturated heterocycles. The molecule has 13 heteroatoms. The Balaban J connectivity index is 1.30. The number of amides is 1. The van der Waals surface area contributed by atoms with E-state index in [1.165, 1.54) is 31.5 Å². The van der Waals surface area contributed by atoms with Gasteiger partial charge in [0.1, 0.15) is 22.8 Å². The molecule has 1 aliphatic heterocycles. The number of rotatable bonds is 7. The number of ether oxygens (including phenoxy) is 1. The number of methoxy groups -OCH3 is 1. The number of anilines is 1. The Kier molecular flexibility index (Phi) is 7.85. The smallest absolute Gasteiger partial charge is 0.318 e. The van der Waals surface area contributed by atoms with Gasteiger partial charge < -0.3 is 19.1 Å². The fourth-order valence-electron chi connectivity index (χ4n) is 5.31. The van der Waals surface area contributed by atoms with Crippen molar-refractivity contribution in [2.24, 2.45) is 0 Å². The monoisotopic (exact) mass is 619 g/mol. The standard InChI is InChI=1S/C31H28ClF2N7O3/c1-16(2)29-36-22(44-39-29)10-11-23(42)41-13-12-18(15-41)40(3)30-20-14-35-27(26(34)28(20)37-31(38-30)43-4)19-7-5-6-17-8-9-21(33)25(32)24(17)19/h5-11,14,16,18H,12-13,15H2,1-4H3/b11-10+. The molecular weight excluding hydrogens is 592 g/mol. The van der Waals surface area contributed by atoms with Crippen LogP contribution in [0.25, 0.3) is 39.0 Å². The van der Waals surface area contributed by atoms with Crippen LogP contribution in [0.5, 0.6) is 6.01 Å². The molecule has 226 valence electrons. The summed E-state index contributed by atoms with van der Waals surface area (Å²) in [6.45, 7) is 4.82. The van der Waals surface area contributed by atoms with Gasteiger partial charge in [-0.1, -0.05) is 54.9 Å². The maximum absolute atomic E-state index is 16.2. The van der Waals surface area contributed by atoms with Crippen LogP contribution in [-0.2, 0) is 4.79 Å². The number of halogens is 3. The summed E-state index contributed by atoms with van der Waals surface area (Å²) in [5.41, 5.74) is 0.288. The second kappa shape index (κ2) is 11.8. The molecule has 2 aromatic carbocycles. The molecule has 0 spiro atoms. The fraction of sp³-hybridized carbons (Fsp3) is 0.290. The van der Waals surface area contributed by atoms with Crippen LogP contribution in [0, 0.1) is 11.6 Å². The van der Waals surface area contributed by atoms with Crippen LogP contribution >= 0.6 is 11.6 Å². The molecule has 0 saturated carbocycles. The van der Waals surface area contributed by atoms with Crippen LogP contribution in [0.2, 0.25) is 5.02 Å². The van der Waals surface area contributed by atoms with Crippen molar-refractivity contribution < 1.29 is 22.8 Å². The van der Waals surface area contributed by atoms with E-state index >= 15 is 4.39 Å². The van der Waals surface area contributed by atoms with Crippen LogP contribution in [-0.4, -0.2) is 69.2 Å². The molecule has 5 aromatic rings. The summed E-state index contributed by atoms with van der Waals surface area (Å²) in [5, 5.41) is 5.13. The van der Waals surface area contributed by atoms with Crippen LogP contribution in [0.1, 0.15) is 37.9 Å². The van der Waals surface area contributed by atoms with Gasteiger partial charge in [0.15, 0.2) is 11.6 Å². The van der Waals surface area contributed by atoms with E-state index in [0.717, 1.165) is 0 Å². The van der Waals surface area contributed by atoms with Crippen LogP contribution in [0.4, 0.5) is 14.6 Å². The summed E-state index contributed by atoms with van der Waals surface area (Å²) in [4.78, 5) is 34.0. The zero-order valence-corrected chi connectivity index (χ0v) is 25.1. The van der Waals surface area contributed by atoms with E-state index in [-0.39, 0.29) is 46.0 Å². The molecule has 0 radical (unpaired) electrons. The molecule has 10 nitrogen and oxygen atoms in total.